The van der Waals surface area contributed by atoms with Crippen molar-refractivity contribution >= 4 is 11.0 Å². The van der Waals surface area contributed by atoms with Crippen molar-refractivity contribution in [3.8, 4) is 0 Å². The lowest BCUT2D eigenvalue weighted by atomic mass is 10.1. The molecule has 1 aliphatic rings. The SMILES string of the molecule is O=c1[nH]cnc2c(CN3CC(O)[C@@H](O)C3CO)c[nH]c12. The summed E-state index contributed by atoms with van der Waals surface area (Å²) in [5.41, 5.74) is 1.48. The summed E-state index contributed by atoms with van der Waals surface area (Å²) in [5, 5.41) is 28.8. The summed E-state index contributed by atoms with van der Waals surface area (Å²) in [6, 6.07) is -0.517. The highest BCUT2D eigenvalue weighted by molar-refractivity contribution is 5.77. The predicted octanol–water partition coefficient (Wildman–Crippen LogP) is -1.85. The Morgan fingerprint density at radius 3 is 2.95 bits per heavy atom. The van der Waals surface area contributed by atoms with Gasteiger partial charge in [-0.25, -0.2) is 4.98 Å². The van der Waals surface area contributed by atoms with Gasteiger partial charge in [-0.05, 0) is 0 Å². The highest BCUT2D eigenvalue weighted by Gasteiger charge is 2.39. The Kier molecular flexibility index (Phi) is 3.30. The Balaban J connectivity index is 1.90. The number of aliphatic hydroxyl groups excluding tert-OH is 3. The number of likely N-dealkylation sites (tertiary alicyclic amines) is 1. The Labute approximate surface area is 113 Å². The molecule has 2 unspecified atom stereocenters. The monoisotopic (exact) mass is 280 g/mol. The zero-order valence-electron chi connectivity index (χ0n) is 10.7. The van der Waals surface area contributed by atoms with Gasteiger partial charge in [-0.1, -0.05) is 0 Å². The van der Waals surface area contributed by atoms with E-state index < -0.39 is 18.2 Å². The number of fused-ring (bicyclic) bond motifs is 1. The van der Waals surface area contributed by atoms with Crippen molar-refractivity contribution in [2.75, 3.05) is 13.2 Å². The van der Waals surface area contributed by atoms with E-state index in [1.165, 1.54) is 6.33 Å². The molecular formula is C12H16N4O4. The topological polar surface area (TPSA) is 125 Å². The molecule has 8 heteroatoms. The summed E-state index contributed by atoms with van der Waals surface area (Å²) in [6.07, 6.45) is 1.16. The first-order valence-electron chi connectivity index (χ1n) is 6.36. The number of aromatic amines is 2. The highest BCUT2D eigenvalue weighted by Crippen LogP contribution is 2.23. The zero-order valence-corrected chi connectivity index (χ0v) is 10.7. The van der Waals surface area contributed by atoms with Gasteiger partial charge in [-0.2, -0.15) is 0 Å². The van der Waals surface area contributed by atoms with Gasteiger partial charge in [0.1, 0.15) is 5.52 Å². The number of aromatic nitrogens is 3. The molecule has 1 aliphatic heterocycles. The van der Waals surface area contributed by atoms with Crippen molar-refractivity contribution in [2.45, 2.75) is 24.8 Å². The maximum absolute atomic E-state index is 11.6. The van der Waals surface area contributed by atoms with Crippen LogP contribution in [0.25, 0.3) is 11.0 Å². The second-order valence-electron chi connectivity index (χ2n) is 5.01. The predicted molar refractivity (Wildman–Crippen MR) is 70.0 cm³/mol. The fraction of sp³-hybridized carbons (Fsp3) is 0.500. The summed E-state index contributed by atoms with van der Waals surface area (Å²) in [4.78, 5) is 22.9. The van der Waals surface area contributed by atoms with Gasteiger partial charge in [0.05, 0.1) is 36.7 Å². The number of H-pyrrole nitrogens is 2. The molecule has 5 N–H and O–H groups in total. The number of hydrogen-bond donors (Lipinski definition) is 5. The van der Waals surface area contributed by atoms with Crippen molar-refractivity contribution in [1.29, 1.82) is 0 Å². The third-order valence-corrected chi connectivity index (χ3v) is 3.79. The third kappa shape index (κ3) is 2.02. The molecule has 1 saturated heterocycles. The summed E-state index contributed by atoms with van der Waals surface area (Å²) >= 11 is 0. The van der Waals surface area contributed by atoms with Crippen LogP contribution in [-0.4, -0.2) is 66.6 Å². The van der Waals surface area contributed by atoms with Gasteiger partial charge in [0.15, 0.2) is 0 Å². The maximum Gasteiger partial charge on any atom is 0.275 e. The highest BCUT2D eigenvalue weighted by atomic mass is 16.3. The molecule has 2 aromatic heterocycles. The van der Waals surface area contributed by atoms with Crippen LogP contribution in [0.3, 0.4) is 0 Å². The summed E-state index contributed by atoms with van der Waals surface area (Å²) in [6.45, 7) is 0.409. The Bertz CT molecular complexity index is 667. The van der Waals surface area contributed by atoms with Gasteiger partial charge in [-0.3, -0.25) is 9.69 Å². The molecular weight excluding hydrogens is 264 g/mol. The number of aliphatic hydroxyl groups is 3. The Hall–Kier alpha value is -1.74. The molecule has 3 heterocycles. The second-order valence-corrected chi connectivity index (χ2v) is 5.01. The van der Waals surface area contributed by atoms with Crippen LogP contribution in [0.2, 0.25) is 0 Å². The van der Waals surface area contributed by atoms with Crippen LogP contribution in [-0.2, 0) is 6.54 Å². The van der Waals surface area contributed by atoms with Gasteiger partial charge in [0, 0.05) is 24.8 Å². The molecule has 2 aromatic rings. The first-order chi connectivity index (χ1) is 9.61. The average molecular weight is 280 g/mol. The Morgan fingerprint density at radius 2 is 2.20 bits per heavy atom. The van der Waals surface area contributed by atoms with E-state index in [0.29, 0.717) is 17.6 Å². The van der Waals surface area contributed by atoms with E-state index in [0.717, 1.165) is 5.56 Å². The van der Waals surface area contributed by atoms with Crippen molar-refractivity contribution in [3.63, 3.8) is 0 Å². The molecule has 108 valence electrons. The van der Waals surface area contributed by atoms with Crippen LogP contribution in [0.5, 0.6) is 0 Å². The molecule has 1 fully saturated rings. The van der Waals surface area contributed by atoms with Crippen LogP contribution in [0.4, 0.5) is 0 Å². The molecule has 0 amide bonds. The van der Waals surface area contributed by atoms with Gasteiger partial charge in [0.2, 0.25) is 0 Å². The van der Waals surface area contributed by atoms with Crippen molar-refractivity contribution in [3.05, 3.63) is 28.4 Å². The lowest BCUT2D eigenvalue weighted by molar-refractivity contribution is 0.0210. The van der Waals surface area contributed by atoms with Crippen molar-refractivity contribution in [1.82, 2.24) is 19.9 Å². The van der Waals surface area contributed by atoms with Crippen LogP contribution in [0, 0.1) is 0 Å². The summed E-state index contributed by atoms with van der Waals surface area (Å²) in [7, 11) is 0. The van der Waals surface area contributed by atoms with E-state index in [-0.39, 0.29) is 18.7 Å². The van der Waals surface area contributed by atoms with E-state index in [1.54, 1.807) is 11.1 Å². The molecule has 0 bridgehead atoms. The molecule has 0 spiro atoms. The molecule has 0 saturated carbocycles. The number of nitrogens with zero attached hydrogens (tertiary/aromatic N) is 2. The number of rotatable bonds is 3. The quantitative estimate of drug-likeness (QED) is 0.449. The lowest BCUT2D eigenvalue weighted by Gasteiger charge is -2.23. The second kappa shape index (κ2) is 4.98. The van der Waals surface area contributed by atoms with E-state index in [1.807, 2.05) is 0 Å². The van der Waals surface area contributed by atoms with Crippen LogP contribution in [0.1, 0.15) is 5.56 Å². The summed E-state index contributed by atoms with van der Waals surface area (Å²) in [5.74, 6) is 0. The van der Waals surface area contributed by atoms with Crippen molar-refractivity contribution in [2.24, 2.45) is 0 Å². The molecule has 0 radical (unpaired) electrons. The number of nitrogens with one attached hydrogen (secondary N) is 2. The smallest absolute Gasteiger partial charge is 0.275 e. The largest absolute Gasteiger partial charge is 0.395 e. The van der Waals surface area contributed by atoms with Crippen LogP contribution < -0.4 is 5.56 Å². The third-order valence-electron chi connectivity index (χ3n) is 3.79. The maximum atomic E-state index is 11.6. The number of β-amino-alcohol motifs (C(OH)–C–C–N with tert-alkyl or cyclic N) is 1. The minimum Gasteiger partial charge on any atom is -0.395 e. The van der Waals surface area contributed by atoms with E-state index in [2.05, 4.69) is 15.0 Å². The van der Waals surface area contributed by atoms with Crippen LogP contribution >= 0.6 is 0 Å². The fourth-order valence-corrected chi connectivity index (χ4v) is 2.71. The lowest BCUT2D eigenvalue weighted by Crippen LogP contribution is -2.38. The van der Waals surface area contributed by atoms with Gasteiger partial charge in [0.25, 0.3) is 5.56 Å². The molecule has 20 heavy (non-hydrogen) atoms. The standard InChI is InChI=1S/C12H16N4O4/c17-4-7-11(19)8(18)3-16(7)2-6-1-13-10-9(6)14-5-15-12(10)20/h1,5,7-8,11,13,17-19H,2-4H2,(H,14,15,20)/t7?,8?,11-/m0/s1. The number of hydrogen-bond acceptors (Lipinski definition) is 6. The van der Waals surface area contributed by atoms with Gasteiger partial charge < -0.3 is 25.3 Å². The Morgan fingerprint density at radius 1 is 1.40 bits per heavy atom. The molecule has 0 aliphatic carbocycles. The normalized spacial score (nSPS) is 27.4. The molecule has 8 nitrogen and oxygen atoms in total. The minimum atomic E-state index is -0.971. The fourth-order valence-electron chi connectivity index (χ4n) is 2.71. The van der Waals surface area contributed by atoms with E-state index in [4.69, 9.17) is 0 Å². The first kappa shape index (κ1) is 13.3. The van der Waals surface area contributed by atoms with E-state index >= 15 is 0 Å². The van der Waals surface area contributed by atoms with E-state index in [9.17, 15) is 20.1 Å². The zero-order chi connectivity index (χ0) is 14.3. The summed E-state index contributed by atoms with van der Waals surface area (Å²) < 4.78 is 0. The molecule has 0 aromatic carbocycles. The van der Waals surface area contributed by atoms with Crippen LogP contribution in [0.15, 0.2) is 17.3 Å². The first-order valence-corrected chi connectivity index (χ1v) is 6.36. The van der Waals surface area contributed by atoms with Crippen molar-refractivity contribution < 1.29 is 15.3 Å². The average Bonchev–Trinajstić information content (AvgIpc) is 2.94. The minimum absolute atomic E-state index is 0.241. The van der Waals surface area contributed by atoms with Gasteiger partial charge >= 0.3 is 0 Å². The molecule has 3 atom stereocenters. The molecule has 3 rings (SSSR count). The van der Waals surface area contributed by atoms with Gasteiger partial charge in [-0.15, -0.1) is 0 Å².